The van der Waals surface area contributed by atoms with Crippen LogP contribution in [0.3, 0.4) is 0 Å². The van der Waals surface area contributed by atoms with Gasteiger partial charge in [-0.3, -0.25) is 4.79 Å². The zero-order chi connectivity index (χ0) is 9.97. The van der Waals surface area contributed by atoms with Crippen LogP contribution >= 0.6 is 0 Å². The molecular formula is C12H13NO. The first-order valence-electron chi connectivity index (χ1n) is 4.77. The van der Waals surface area contributed by atoms with Crippen molar-refractivity contribution < 1.29 is 4.79 Å². The molecule has 0 spiro atoms. The van der Waals surface area contributed by atoms with Crippen molar-refractivity contribution >= 4 is 12.0 Å². The standard InChI is InChI=1S/C12H13NO/c1-13-12(14)8-9-6-10-4-2-3-5-11(10)7-9/h2-6H,7-8H2,1H3,(H,13,14). The average Bonchev–Trinajstić information content (AvgIpc) is 2.59. The first kappa shape index (κ1) is 9.00. The Kier molecular flexibility index (Phi) is 2.35. The third-order valence-corrected chi connectivity index (χ3v) is 2.50. The van der Waals surface area contributed by atoms with Crippen molar-refractivity contribution in [2.75, 3.05) is 7.05 Å². The van der Waals surface area contributed by atoms with E-state index < -0.39 is 0 Å². The molecule has 1 aromatic carbocycles. The molecule has 0 aliphatic heterocycles. The van der Waals surface area contributed by atoms with Crippen LogP contribution in [-0.4, -0.2) is 13.0 Å². The van der Waals surface area contributed by atoms with Crippen LogP contribution in [0.2, 0.25) is 0 Å². The molecule has 2 nitrogen and oxygen atoms in total. The maximum Gasteiger partial charge on any atom is 0.223 e. The molecule has 1 aromatic rings. The van der Waals surface area contributed by atoms with Gasteiger partial charge in [-0.2, -0.15) is 0 Å². The predicted octanol–water partition coefficient (Wildman–Crippen LogP) is 1.76. The fourth-order valence-corrected chi connectivity index (χ4v) is 1.76. The highest BCUT2D eigenvalue weighted by Crippen LogP contribution is 2.26. The summed E-state index contributed by atoms with van der Waals surface area (Å²) in [5, 5.41) is 2.64. The Morgan fingerprint density at radius 3 is 2.93 bits per heavy atom. The molecule has 0 heterocycles. The van der Waals surface area contributed by atoms with Crippen LogP contribution in [0.5, 0.6) is 0 Å². The maximum absolute atomic E-state index is 11.2. The largest absolute Gasteiger partial charge is 0.359 e. The van der Waals surface area contributed by atoms with Gasteiger partial charge in [0.25, 0.3) is 0 Å². The van der Waals surface area contributed by atoms with Crippen molar-refractivity contribution in [2.45, 2.75) is 12.8 Å². The molecule has 1 N–H and O–H groups in total. The fraction of sp³-hybridized carbons (Fsp3) is 0.250. The lowest BCUT2D eigenvalue weighted by Crippen LogP contribution is -2.17. The number of nitrogens with one attached hydrogen (secondary N) is 1. The molecule has 2 heteroatoms. The van der Waals surface area contributed by atoms with Crippen LogP contribution in [0.4, 0.5) is 0 Å². The second-order valence-corrected chi connectivity index (χ2v) is 3.53. The molecule has 1 amide bonds. The topological polar surface area (TPSA) is 29.1 Å². The molecule has 0 fully saturated rings. The van der Waals surface area contributed by atoms with E-state index in [1.54, 1.807) is 7.05 Å². The van der Waals surface area contributed by atoms with E-state index in [1.807, 2.05) is 12.1 Å². The highest BCUT2D eigenvalue weighted by molar-refractivity contribution is 5.81. The number of hydrogen-bond donors (Lipinski definition) is 1. The Morgan fingerprint density at radius 1 is 1.43 bits per heavy atom. The first-order valence-corrected chi connectivity index (χ1v) is 4.77. The van der Waals surface area contributed by atoms with Gasteiger partial charge in [0.15, 0.2) is 0 Å². The number of hydrogen-bond acceptors (Lipinski definition) is 1. The van der Waals surface area contributed by atoms with E-state index in [1.165, 1.54) is 16.7 Å². The number of carbonyl (C=O) groups excluding carboxylic acids is 1. The molecule has 0 saturated heterocycles. The summed E-state index contributed by atoms with van der Waals surface area (Å²) in [6.45, 7) is 0. The predicted molar refractivity (Wildman–Crippen MR) is 56.8 cm³/mol. The monoisotopic (exact) mass is 187 g/mol. The van der Waals surface area contributed by atoms with Gasteiger partial charge in [0, 0.05) is 13.5 Å². The maximum atomic E-state index is 11.2. The molecule has 0 radical (unpaired) electrons. The van der Waals surface area contributed by atoms with E-state index in [0.29, 0.717) is 6.42 Å². The molecule has 0 saturated carbocycles. The van der Waals surface area contributed by atoms with Crippen LogP contribution in [0.1, 0.15) is 17.5 Å². The third kappa shape index (κ3) is 1.69. The molecule has 0 bridgehead atoms. The molecule has 2 rings (SSSR count). The zero-order valence-corrected chi connectivity index (χ0v) is 8.21. The number of rotatable bonds is 2. The molecule has 1 aliphatic carbocycles. The Hall–Kier alpha value is -1.57. The summed E-state index contributed by atoms with van der Waals surface area (Å²) in [6, 6.07) is 8.27. The lowest BCUT2D eigenvalue weighted by atomic mass is 10.1. The van der Waals surface area contributed by atoms with Gasteiger partial charge in [0.1, 0.15) is 0 Å². The first-order chi connectivity index (χ1) is 6.79. The lowest BCUT2D eigenvalue weighted by molar-refractivity contribution is -0.119. The van der Waals surface area contributed by atoms with Gasteiger partial charge < -0.3 is 5.32 Å². The summed E-state index contributed by atoms with van der Waals surface area (Å²) in [5.41, 5.74) is 3.78. The molecule has 0 atom stereocenters. The molecule has 0 aromatic heterocycles. The van der Waals surface area contributed by atoms with Gasteiger partial charge in [-0.1, -0.05) is 35.9 Å². The van der Waals surface area contributed by atoms with Crippen molar-refractivity contribution in [1.29, 1.82) is 0 Å². The van der Waals surface area contributed by atoms with E-state index in [4.69, 9.17) is 0 Å². The Bertz CT molecular complexity index is 393. The van der Waals surface area contributed by atoms with E-state index in [9.17, 15) is 4.79 Å². The second kappa shape index (κ2) is 3.66. The van der Waals surface area contributed by atoms with Crippen LogP contribution in [-0.2, 0) is 11.2 Å². The van der Waals surface area contributed by atoms with Crippen molar-refractivity contribution in [3.05, 3.63) is 41.0 Å². The van der Waals surface area contributed by atoms with Crippen molar-refractivity contribution in [3.8, 4) is 0 Å². The summed E-state index contributed by atoms with van der Waals surface area (Å²) < 4.78 is 0. The Balaban J connectivity index is 2.12. The normalized spacial score (nSPS) is 13.4. The van der Waals surface area contributed by atoms with Crippen LogP contribution < -0.4 is 5.32 Å². The Morgan fingerprint density at radius 2 is 2.21 bits per heavy atom. The summed E-state index contributed by atoms with van der Waals surface area (Å²) >= 11 is 0. The zero-order valence-electron chi connectivity index (χ0n) is 8.21. The van der Waals surface area contributed by atoms with Crippen molar-refractivity contribution in [3.63, 3.8) is 0 Å². The molecule has 72 valence electrons. The lowest BCUT2D eigenvalue weighted by Gasteiger charge is -2.00. The third-order valence-electron chi connectivity index (χ3n) is 2.50. The van der Waals surface area contributed by atoms with E-state index >= 15 is 0 Å². The SMILES string of the molecule is CNC(=O)CC1=Cc2ccccc2C1. The summed E-state index contributed by atoms with van der Waals surface area (Å²) in [4.78, 5) is 11.2. The fourth-order valence-electron chi connectivity index (χ4n) is 1.76. The quantitative estimate of drug-likeness (QED) is 0.751. The highest BCUT2D eigenvalue weighted by Gasteiger charge is 2.13. The van der Waals surface area contributed by atoms with Gasteiger partial charge in [-0.15, -0.1) is 0 Å². The summed E-state index contributed by atoms with van der Waals surface area (Å²) in [5.74, 6) is 0.0871. The number of amides is 1. The van der Waals surface area contributed by atoms with Gasteiger partial charge in [-0.05, 0) is 17.5 Å². The average molecular weight is 187 g/mol. The minimum Gasteiger partial charge on any atom is -0.359 e. The smallest absolute Gasteiger partial charge is 0.223 e. The van der Waals surface area contributed by atoms with Crippen molar-refractivity contribution in [1.82, 2.24) is 5.32 Å². The molecular weight excluding hydrogens is 174 g/mol. The molecule has 1 aliphatic rings. The number of fused-ring (bicyclic) bond motifs is 1. The molecule has 0 unspecified atom stereocenters. The van der Waals surface area contributed by atoms with Crippen LogP contribution in [0, 0.1) is 0 Å². The van der Waals surface area contributed by atoms with Gasteiger partial charge in [0.05, 0.1) is 0 Å². The minimum absolute atomic E-state index is 0.0871. The van der Waals surface area contributed by atoms with Crippen LogP contribution in [0.15, 0.2) is 29.8 Å². The van der Waals surface area contributed by atoms with E-state index in [-0.39, 0.29) is 5.91 Å². The van der Waals surface area contributed by atoms with Crippen molar-refractivity contribution in [2.24, 2.45) is 0 Å². The number of carbonyl (C=O) groups is 1. The van der Waals surface area contributed by atoms with Gasteiger partial charge in [0.2, 0.25) is 5.91 Å². The summed E-state index contributed by atoms with van der Waals surface area (Å²) in [6.07, 6.45) is 3.55. The number of benzene rings is 1. The van der Waals surface area contributed by atoms with E-state index in [0.717, 1.165) is 6.42 Å². The highest BCUT2D eigenvalue weighted by atomic mass is 16.1. The van der Waals surface area contributed by atoms with Crippen LogP contribution in [0.25, 0.3) is 6.08 Å². The molecule has 14 heavy (non-hydrogen) atoms. The minimum atomic E-state index is 0.0871. The van der Waals surface area contributed by atoms with Gasteiger partial charge in [-0.25, -0.2) is 0 Å². The Labute approximate surface area is 83.6 Å². The second-order valence-electron chi connectivity index (χ2n) is 3.53. The van der Waals surface area contributed by atoms with E-state index in [2.05, 4.69) is 23.5 Å². The van der Waals surface area contributed by atoms with Gasteiger partial charge >= 0.3 is 0 Å². The summed E-state index contributed by atoms with van der Waals surface area (Å²) in [7, 11) is 1.67.